The first kappa shape index (κ1) is 18.3. The lowest BCUT2D eigenvalue weighted by atomic mass is 10.1. The molecule has 144 valence electrons. The van der Waals surface area contributed by atoms with Crippen molar-refractivity contribution in [3.63, 3.8) is 0 Å². The molecule has 2 aromatic carbocycles. The predicted molar refractivity (Wildman–Crippen MR) is 112 cm³/mol. The summed E-state index contributed by atoms with van der Waals surface area (Å²) < 4.78 is 0. The van der Waals surface area contributed by atoms with Gasteiger partial charge in [0.25, 0.3) is 11.7 Å². The number of nitrogens with zero attached hydrogens (tertiary/aromatic N) is 2. The van der Waals surface area contributed by atoms with Gasteiger partial charge in [0.1, 0.15) is 0 Å². The standard InChI is InChI=1S/C23H25N3O2/c1-3-17-8-10-18(11-9-17)25-12-14-26(15-13-25)23(28)22(27)21-16(2)24-20-7-5-4-6-19(20)21/h4-11,24H,3,12-15H2,1-2H3. The lowest BCUT2D eigenvalue weighted by molar-refractivity contribution is -0.126. The molecular formula is C23H25N3O2. The van der Waals surface area contributed by atoms with Crippen LogP contribution in [-0.2, 0) is 11.2 Å². The van der Waals surface area contributed by atoms with E-state index in [1.54, 1.807) is 4.90 Å². The number of carbonyl (C=O) groups excluding carboxylic acids is 2. The van der Waals surface area contributed by atoms with E-state index in [0.717, 1.165) is 36.1 Å². The van der Waals surface area contributed by atoms with Gasteiger partial charge in [-0.2, -0.15) is 0 Å². The van der Waals surface area contributed by atoms with Gasteiger partial charge in [0.05, 0.1) is 5.56 Å². The summed E-state index contributed by atoms with van der Waals surface area (Å²) >= 11 is 0. The Morgan fingerprint density at radius 3 is 2.32 bits per heavy atom. The van der Waals surface area contributed by atoms with Gasteiger partial charge in [0.15, 0.2) is 0 Å². The second-order valence-electron chi connectivity index (χ2n) is 7.30. The number of anilines is 1. The van der Waals surface area contributed by atoms with Crippen LogP contribution in [0.15, 0.2) is 48.5 Å². The number of carbonyl (C=O) groups is 2. The molecule has 2 heterocycles. The van der Waals surface area contributed by atoms with Crippen LogP contribution in [0.2, 0.25) is 0 Å². The van der Waals surface area contributed by atoms with E-state index in [1.807, 2.05) is 31.2 Å². The Labute approximate surface area is 165 Å². The van der Waals surface area contributed by atoms with Crippen molar-refractivity contribution in [2.45, 2.75) is 20.3 Å². The lowest BCUT2D eigenvalue weighted by Gasteiger charge is -2.35. The number of ketones is 1. The van der Waals surface area contributed by atoms with Gasteiger partial charge in [-0.1, -0.05) is 37.3 Å². The van der Waals surface area contributed by atoms with E-state index in [2.05, 4.69) is 41.1 Å². The van der Waals surface area contributed by atoms with Crippen LogP contribution in [0.3, 0.4) is 0 Å². The third kappa shape index (κ3) is 3.28. The Hall–Kier alpha value is -3.08. The first-order valence-corrected chi connectivity index (χ1v) is 9.83. The molecule has 0 bridgehead atoms. The number of piperazine rings is 1. The number of rotatable bonds is 4. The molecule has 0 atom stereocenters. The zero-order valence-corrected chi connectivity index (χ0v) is 16.4. The highest BCUT2D eigenvalue weighted by molar-refractivity contribution is 6.45. The number of H-pyrrole nitrogens is 1. The minimum Gasteiger partial charge on any atom is -0.368 e. The number of fused-ring (bicyclic) bond motifs is 1. The average molecular weight is 375 g/mol. The highest BCUT2D eigenvalue weighted by Gasteiger charge is 2.29. The number of hydrogen-bond acceptors (Lipinski definition) is 3. The molecular weight excluding hydrogens is 350 g/mol. The molecule has 1 amide bonds. The summed E-state index contributed by atoms with van der Waals surface area (Å²) in [5, 5.41) is 0.813. The number of Topliss-reactive ketones (excluding diaryl/α,β-unsaturated/α-hetero) is 1. The summed E-state index contributed by atoms with van der Waals surface area (Å²) in [6, 6.07) is 16.2. The minimum absolute atomic E-state index is 0.408. The number of nitrogens with one attached hydrogen (secondary N) is 1. The van der Waals surface area contributed by atoms with Crippen molar-refractivity contribution in [2.24, 2.45) is 0 Å². The van der Waals surface area contributed by atoms with Crippen LogP contribution < -0.4 is 4.90 Å². The zero-order valence-electron chi connectivity index (χ0n) is 16.4. The lowest BCUT2D eigenvalue weighted by Crippen LogP contribution is -2.50. The van der Waals surface area contributed by atoms with E-state index in [9.17, 15) is 9.59 Å². The van der Waals surface area contributed by atoms with Gasteiger partial charge in [-0.15, -0.1) is 0 Å². The topological polar surface area (TPSA) is 56.4 Å². The fourth-order valence-electron chi connectivity index (χ4n) is 3.93. The monoisotopic (exact) mass is 375 g/mol. The molecule has 5 nitrogen and oxygen atoms in total. The van der Waals surface area contributed by atoms with Crippen molar-refractivity contribution in [3.8, 4) is 0 Å². The van der Waals surface area contributed by atoms with Gasteiger partial charge in [-0.25, -0.2) is 0 Å². The average Bonchev–Trinajstić information content (AvgIpc) is 3.08. The molecule has 1 N–H and O–H groups in total. The minimum atomic E-state index is -0.421. The van der Waals surface area contributed by atoms with E-state index in [4.69, 9.17) is 0 Å². The number of benzene rings is 2. The summed E-state index contributed by atoms with van der Waals surface area (Å²) in [5.74, 6) is -0.829. The Morgan fingerprint density at radius 2 is 1.64 bits per heavy atom. The first-order valence-electron chi connectivity index (χ1n) is 9.83. The number of aryl methyl sites for hydroxylation is 2. The molecule has 0 saturated carbocycles. The number of amides is 1. The molecule has 1 aliphatic rings. The van der Waals surface area contributed by atoms with E-state index in [0.29, 0.717) is 18.7 Å². The third-order valence-electron chi connectivity index (χ3n) is 5.59. The van der Waals surface area contributed by atoms with Crippen LogP contribution in [0.25, 0.3) is 10.9 Å². The van der Waals surface area contributed by atoms with Crippen molar-refractivity contribution in [2.75, 3.05) is 31.1 Å². The molecule has 1 saturated heterocycles. The SMILES string of the molecule is CCc1ccc(N2CCN(C(=O)C(=O)c3c(C)[nH]c4ccccc34)CC2)cc1. The first-order chi connectivity index (χ1) is 13.6. The molecule has 0 spiro atoms. The molecule has 0 unspecified atom stereocenters. The van der Waals surface area contributed by atoms with Gasteiger partial charge >= 0.3 is 0 Å². The van der Waals surface area contributed by atoms with E-state index < -0.39 is 11.7 Å². The van der Waals surface area contributed by atoms with Gasteiger partial charge in [0, 0.05) is 48.5 Å². The molecule has 1 aliphatic heterocycles. The Morgan fingerprint density at radius 1 is 0.964 bits per heavy atom. The maximum absolute atomic E-state index is 12.9. The molecule has 4 rings (SSSR count). The van der Waals surface area contributed by atoms with Crippen LogP contribution in [0.4, 0.5) is 5.69 Å². The molecule has 0 radical (unpaired) electrons. The highest BCUT2D eigenvalue weighted by Crippen LogP contribution is 2.24. The van der Waals surface area contributed by atoms with Crippen LogP contribution in [-0.4, -0.2) is 47.8 Å². The molecule has 0 aliphatic carbocycles. The van der Waals surface area contributed by atoms with Crippen LogP contribution in [0, 0.1) is 6.92 Å². The Balaban J connectivity index is 1.46. The predicted octanol–water partition coefficient (Wildman–Crippen LogP) is 3.57. The summed E-state index contributed by atoms with van der Waals surface area (Å²) in [7, 11) is 0. The molecule has 5 heteroatoms. The summed E-state index contributed by atoms with van der Waals surface area (Å²) in [4.78, 5) is 33.0. The van der Waals surface area contributed by atoms with Gasteiger partial charge in [-0.3, -0.25) is 9.59 Å². The van der Waals surface area contributed by atoms with Crippen molar-refractivity contribution in [1.82, 2.24) is 9.88 Å². The molecule has 28 heavy (non-hydrogen) atoms. The largest absolute Gasteiger partial charge is 0.368 e. The van der Waals surface area contributed by atoms with Gasteiger partial charge in [0.2, 0.25) is 0 Å². The van der Waals surface area contributed by atoms with Gasteiger partial charge in [-0.05, 0) is 37.1 Å². The fourth-order valence-corrected chi connectivity index (χ4v) is 3.93. The maximum Gasteiger partial charge on any atom is 0.295 e. The van der Waals surface area contributed by atoms with E-state index in [-0.39, 0.29) is 0 Å². The summed E-state index contributed by atoms with van der Waals surface area (Å²) in [5.41, 5.74) is 4.62. The maximum atomic E-state index is 12.9. The number of aromatic nitrogens is 1. The molecule has 1 aromatic heterocycles. The third-order valence-corrected chi connectivity index (χ3v) is 5.59. The zero-order chi connectivity index (χ0) is 19.7. The Bertz CT molecular complexity index is 1010. The highest BCUT2D eigenvalue weighted by atomic mass is 16.2. The molecule has 1 fully saturated rings. The van der Waals surface area contributed by atoms with Crippen molar-refractivity contribution >= 4 is 28.3 Å². The number of aromatic amines is 1. The van der Waals surface area contributed by atoms with E-state index >= 15 is 0 Å². The van der Waals surface area contributed by atoms with Crippen LogP contribution in [0.1, 0.15) is 28.5 Å². The quantitative estimate of drug-likeness (QED) is 0.560. The van der Waals surface area contributed by atoms with Crippen LogP contribution >= 0.6 is 0 Å². The number of hydrogen-bond donors (Lipinski definition) is 1. The number of para-hydroxylation sites is 1. The summed E-state index contributed by atoms with van der Waals surface area (Å²) in [6.45, 7) is 6.57. The smallest absolute Gasteiger partial charge is 0.295 e. The van der Waals surface area contributed by atoms with Gasteiger partial charge < -0.3 is 14.8 Å². The normalized spacial score (nSPS) is 14.5. The Kier molecular flexibility index (Phi) is 4.90. The van der Waals surface area contributed by atoms with Crippen LogP contribution in [0.5, 0.6) is 0 Å². The van der Waals surface area contributed by atoms with Crippen molar-refractivity contribution in [3.05, 3.63) is 65.4 Å². The van der Waals surface area contributed by atoms with E-state index in [1.165, 1.54) is 11.3 Å². The second-order valence-corrected chi connectivity index (χ2v) is 7.30. The second kappa shape index (κ2) is 7.50. The summed E-state index contributed by atoms with van der Waals surface area (Å²) in [6.07, 6.45) is 1.03. The fraction of sp³-hybridized carbons (Fsp3) is 0.304. The van der Waals surface area contributed by atoms with Crippen molar-refractivity contribution in [1.29, 1.82) is 0 Å². The van der Waals surface area contributed by atoms with Crippen molar-refractivity contribution < 1.29 is 9.59 Å². The molecule has 3 aromatic rings.